The van der Waals surface area contributed by atoms with Crippen molar-refractivity contribution >= 4 is 177 Å². The van der Waals surface area contributed by atoms with Crippen molar-refractivity contribution in [2.24, 2.45) is 0 Å². The van der Waals surface area contributed by atoms with Gasteiger partial charge >= 0.3 is 0 Å². The van der Waals surface area contributed by atoms with Crippen molar-refractivity contribution < 1.29 is 0 Å². The summed E-state index contributed by atoms with van der Waals surface area (Å²) in [7, 11) is 0. The van der Waals surface area contributed by atoms with E-state index in [1.165, 1.54) is 87.7 Å². The SMILES string of the molecule is Cc1cccc(-n2c3ccccc3c3ccc4c(nc5n(-c6ccccc6)c6ccccc6n45)c32)c1.Cc1cccc(-n2c3ccccc3c3ccc4nc5n(-c6ccccc6)c6ccccc6n5c4c32)c1.Cc1cccc(-n2c3ccccc3n3c4ccc5c6ccccc6n(-c6ccccc6)c5c4nc23)c1.Cc1cccc(-n2c3ccccc3n3c4ccccc4nc23)c1. The molecule has 0 aliphatic heterocycles. The Morgan fingerprint density at radius 3 is 0.824 bits per heavy atom. The summed E-state index contributed by atoms with van der Waals surface area (Å²) in [4.78, 5) is 20.8. The average Bonchev–Trinajstić information content (AvgIpc) is 1.54. The van der Waals surface area contributed by atoms with E-state index in [-0.39, 0.29) is 0 Å². The number of hydrogen-bond acceptors (Lipinski definition) is 4. The molecule has 0 N–H and O–H groups in total. The fourth-order valence-corrected chi connectivity index (χ4v) is 20.7. The Morgan fingerprint density at radius 1 is 0.153 bits per heavy atom. The van der Waals surface area contributed by atoms with E-state index in [0.29, 0.717) is 0 Å². The first-order valence-corrected chi connectivity index (χ1v) is 44.5. The molecule has 620 valence electrons. The number of fused-ring (bicyclic) bond motifs is 32. The third-order valence-electron chi connectivity index (χ3n) is 26.2. The van der Waals surface area contributed by atoms with Gasteiger partial charge in [-0.1, -0.05) is 218 Å². The minimum atomic E-state index is 0.922. The van der Waals surface area contributed by atoms with Crippen LogP contribution in [-0.2, 0) is 0 Å². The van der Waals surface area contributed by atoms with Crippen LogP contribution in [0.25, 0.3) is 217 Å². The highest BCUT2D eigenvalue weighted by Crippen LogP contribution is 2.44. The van der Waals surface area contributed by atoms with E-state index >= 15 is 0 Å². The lowest BCUT2D eigenvalue weighted by molar-refractivity contribution is 1.10. The van der Waals surface area contributed by atoms with Crippen LogP contribution in [0.2, 0.25) is 0 Å². The molecule has 0 atom stereocenters. The zero-order chi connectivity index (χ0) is 86.8. The number of nitrogens with zero attached hydrogens (tertiary/aromatic N) is 15. The molecule has 0 radical (unpaired) electrons. The quantitative estimate of drug-likeness (QED) is 0.159. The fraction of sp³-hybridized carbons (Fsp3) is 0.0345. The molecule has 0 bridgehead atoms. The summed E-state index contributed by atoms with van der Waals surface area (Å²) < 4.78 is 25.4. The van der Waals surface area contributed by atoms with Gasteiger partial charge in [0.1, 0.15) is 11.0 Å². The molecule has 0 saturated heterocycles. The number of benzene rings is 18. The first kappa shape index (κ1) is 74.8. The van der Waals surface area contributed by atoms with Crippen molar-refractivity contribution in [1.82, 2.24) is 69.5 Å². The minimum absolute atomic E-state index is 0.922. The minimum Gasteiger partial charge on any atom is -0.307 e. The van der Waals surface area contributed by atoms with Crippen LogP contribution < -0.4 is 0 Å². The third-order valence-corrected chi connectivity index (χ3v) is 26.2. The van der Waals surface area contributed by atoms with Gasteiger partial charge in [0.2, 0.25) is 23.1 Å². The lowest BCUT2D eigenvalue weighted by Gasteiger charge is -2.09. The van der Waals surface area contributed by atoms with Crippen LogP contribution in [0.4, 0.5) is 0 Å². The average molecular weight is 1690 g/mol. The van der Waals surface area contributed by atoms with Crippen molar-refractivity contribution in [3.63, 3.8) is 0 Å². The zero-order valence-electron chi connectivity index (χ0n) is 72.0. The maximum absolute atomic E-state index is 5.37. The van der Waals surface area contributed by atoms with Crippen molar-refractivity contribution in [3.05, 3.63) is 441 Å². The molecule has 15 heteroatoms. The summed E-state index contributed by atoms with van der Waals surface area (Å²) in [5.41, 5.74) is 37.7. The second-order valence-corrected chi connectivity index (χ2v) is 34.2. The van der Waals surface area contributed by atoms with E-state index in [0.717, 1.165) is 151 Å². The largest absolute Gasteiger partial charge is 0.307 e. The fourth-order valence-electron chi connectivity index (χ4n) is 20.7. The summed E-state index contributed by atoms with van der Waals surface area (Å²) in [5.74, 6) is 3.73. The number of para-hydroxylation sites is 16. The summed E-state index contributed by atoms with van der Waals surface area (Å²) in [6.07, 6.45) is 0. The first-order chi connectivity index (χ1) is 64.7. The predicted molar refractivity (Wildman–Crippen MR) is 540 cm³/mol. The second-order valence-electron chi connectivity index (χ2n) is 34.2. The molecule has 0 fully saturated rings. The number of rotatable bonds is 7. The molecule has 11 heterocycles. The van der Waals surface area contributed by atoms with E-state index in [1.807, 2.05) is 6.07 Å². The molecule has 11 aromatic heterocycles. The van der Waals surface area contributed by atoms with Gasteiger partial charge in [-0.25, -0.2) is 19.9 Å². The summed E-state index contributed by atoms with van der Waals surface area (Å²) in [6, 6.07) is 148. The highest BCUT2D eigenvalue weighted by molar-refractivity contribution is 6.21. The van der Waals surface area contributed by atoms with E-state index in [1.54, 1.807) is 0 Å². The van der Waals surface area contributed by atoms with Crippen LogP contribution in [0.5, 0.6) is 0 Å². The number of imidazole rings is 8. The van der Waals surface area contributed by atoms with Crippen molar-refractivity contribution in [2.75, 3.05) is 0 Å². The lowest BCUT2D eigenvalue weighted by Crippen LogP contribution is -1.96. The summed E-state index contributed by atoms with van der Waals surface area (Å²) >= 11 is 0. The Morgan fingerprint density at radius 2 is 0.420 bits per heavy atom. The summed E-state index contributed by atoms with van der Waals surface area (Å²) in [6.45, 7) is 8.55. The molecular weight excluding hydrogens is 1600 g/mol. The monoisotopic (exact) mass is 1680 g/mol. The Balaban J connectivity index is 0.0000000929. The maximum Gasteiger partial charge on any atom is 0.220 e. The van der Waals surface area contributed by atoms with Crippen molar-refractivity contribution in [1.29, 1.82) is 0 Å². The Kier molecular flexibility index (Phi) is 16.9. The molecule has 29 aromatic rings. The standard InChI is InChI=1S/3C32H22N4.C20H15N3/c1-21-10-9-13-23(20-21)34-27-15-6-5-14-24(27)25-18-19-26-31(30(25)34)36-29-17-8-7-16-28(29)35(32(36)33-26)22-11-3-2-4-12-22;1-21-10-9-13-23(20-21)34-26-15-6-5-14-24(26)25-18-19-29-30(31(25)34)33-32-35(22-11-3-2-4-12-22)27-16-7-8-17-28(27)36(29)32;1-21-10-9-13-23(20-21)35-27-16-7-8-17-28(27)36-29-19-18-25-24-14-5-6-15-26(24)34(22-11-3-2-4-12-22)31(25)30(29)33-32(35)36;1-14-7-6-8-15(13-14)22-18-11-4-5-12-19(18)23-17-10-3-2-9-16(17)21-20(22)23/h3*2-20H,1H3;2-13H,1H3. The normalized spacial score (nSPS) is 12.0. The van der Waals surface area contributed by atoms with E-state index < -0.39 is 0 Å². The number of aromatic nitrogens is 15. The highest BCUT2D eigenvalue weighted by Gasteiger charge is 2.28. The number of hydrogen-bond donors (Lipinski definition) is 0. The molecule has 0 aliphatic rings. The van der Waals surface area contributed by atoms with Crippen molar-refractivity contribution in [3.8, 4) is 39.8 Å². The molecule has 0 amide bonds. The van der Waals surface area contributed by atoms with Gasteiger partial charge in [0.05, 0.1) is 110 Å². The van der Waals surface area contributed by atoms with Gasteiger partial charge in [-0.15, -0.1) is 0 Å². The van der Waals surface area contributed by atoms with Gasteiger partial charge in [0.25, 0.3) is 0 Å². The van der Waals surface area contributed by atoms with Crippen LogP contribution in [0, 0.1) is 27.7 Å². The third kappa shape index (κ3) is 11.5. The molecule has 131 heavy (non-hydrogen) atoms. The molecule has 0 spiro atoms. The second kappa shape index (κ2) is 29.5. The van der Waals surface area contributed by atoms with Crippen LogP contribution in [0.1, 0.15) is 22.3 Å². The van der Waals surface area contributed by atoms with Gasteiger partial charge in [0.15, 0.2) is 0 Å². The van der Waals surface area contributed by atoms with E-state index in [4.69, 9.17) is 19.9 Å². The summed E-state index contributed by atoms with van der Waals surface area (Å²) in [5, 5.41) is 7.40. The molecular formula is C116H81N15. The Labute approximate surface area is 749 Å². The molecule has 18 aromatic carbocycles. The Hall–Kier alpha value is -17.6. The zero-order valence-corrected chi connectivity index (χ0v) is 72.0. The molecule has 15 nitrogen and oxygen atoms in total. The van der Waals surface area contributed by atoms with Crippen LogP contribution >= 0.6 is 0 Å². The van der Waals surface area contributed by atoms with Gasteiger partial charge in [-0.3, -0.25) is 35.9 Å². The van der Waals surface area contributed by atoms with Gasteiger partial charge in [0, 0.05) is 72.1 Å². The van der Waals surface area contributed by atoms with Crippen molar-refractivity contribution in [2.45, 2.75) is 27.7 Å². The topological polar surface area (TPSA) is 104 Å². The smallest absolute Gasteiger partial charge is 0.220 e. The van der Waals surface area contributed by atoms with E-state index in [2.05, 4.69) is 490 Å². The molecule has 0 saturated carbocycles. The highest BCUT2D eigenvalue weighted by atomic mass is 15.3. The van der Waals surface area contributed by atoms with Crippen LogP contribution in [-0.4, -0.2) is 69.5 Å². The molecule has 0 aliphatic carbocycles. The molecule has 0 unspecified atom stereocenters. The van der Waals surface area contributed by atoms with Gasteiger partial charge in [-0.05, 0) is 250 Å². The van der Waals surface area contributed by atoms with Crippen LogP contribution in [0.15, 0.2) is 419 Å². The first-order valence-electron chi connectivity index (χ1n) is 44.5. The molecule has 29 rings (SSSR count). The maximum atomic E-state index is 5.37. The van der Waals surface area contributed by atoms with Crippen LogP contribution in [0.3, 0.4) is 0 Å². The van der Waals surface area contributed by atoms with Gasteiger partial charge in [-0.2, -0.15) is 0 Å². The van der Waals surface area contributed by atoms with Gasteiger partial charge < -0.3 is 13.7 Å². The number of aryl methyl sites for hydroxylation is 4. The predicted octanol–water partition coefficient (Wildman–Crippen LogP) is 28.3. The van der Waals surface area contributed by atoms with E-state index in [9.17, 15) is 0 Å². The lowest BCUT2D eigenvalue weighted by atomic mass is 10.1. The Bertz CT molecular complexity index is 9650.